The Bertz CT molecular complexity index is 58.8. The molecule has 1 fully saturated rings. The third kappa shape index (κ3) is 1.87. The molecular formula is C5H10IO2-. The average molecular weight is 229 g/mol. The van der Waals surface area contributed by atoms with Crippen molar-refractivity contribution >= 4 is 0 Å². The molecule has 2 nitrogen and oxygen atoms in total. The predicted molar refractivity (Wildman–Crippen MR) is 26.1 cm³/mol. The molecule has 0 radical (unpaired) electrons. The summed E-state index contributed by atoms with van der Waals surface area (Å²) < 4.78 is 0.859. The first-order chi connectivity index (χ1) is 3.79. The quantitative estimate of drug-likeness (QED) is 0.335. The molecule has 0 aromatic carbocycles. The molecule has 0 aromatic heterocycles. The Balaban J connectivity index is 2.19. The van der Waals surface area contributed by atoms with Gasteiger partial charge in [0, 0.05) is 0 Å². The number of hydrogen-bond donors (Lipinski definition) is 2. The fraction of sp³-hybridized carbons (Fsp3) is 1.00. The predicted octanol–water partition coefficient (Wildman–Crippen LogP) is -3.45. The zero-order valence-corrected chi connectivity index (χ0v) is 6.71. The van der Waals surface area contributed by atoms with Crippen molar-refractivity contribution in [1.29, 1.82) is 0 Å². The number of rotatable bonds is 0. The van der Waals surface area contributed by atoms with Gasteiger partial charge < -0.3 is 0 Å². The van der Waals surface area contributed by atoms with E-state index in [1.54, 1.807) is 0 Å². The third-order valence-corrected chi connectivity index (χ3v) is 4.35. The first-order valence-corrected chi connectivity index (χ1v) is 5.50. The summed E-state index contributed by atoms with van der Waals surface area (Å²) in [6.07, 6.45) is 1.54. The van der Waals surface area contributed by atoms with E-state index in [0.29, 0.717) is 0 Å². The van der Waals surface area contributed by atoms with Gasteiger partial charge in [-0.15, -0.1) is 0 Å². The second-order valence-electron chi connectivity index (χ2n) is 1.97. The van der Waals surface area contributed by atoms with Crippen LogP contribution in [0.1, 0.15) is 12.8 Å². The van der Waals surface area contributed by atoms with E-state index in [0.717, 1.165) is 17.3 Å². The van der Waals surface area contributed by atoms with Crippen LogP contribution in [-0.4, -0.2) is 24.9 Å². The van der Waals surface area contributed by atoms with E-state index >= 15 is 0 Å². The maximum absolute atomic E-state index is 8.96. The van der Waals surface area contributed by atoms with Crippen molar-refractivity contribution in [3.05, 3.63) is 0 Å². The molecule has 2 atom stereocenters. The Morgan fingerprint density at radius 3 is 2.38 bits per heavy atom. The van der Waals surface area contributed by atoms with E-state index in [2.05, 4.69) is 0 Å². The number of halogens is 1. The molecule has 50 valence electrons. The molecule has 1 saturated heterocycles. The number of aliphatic hydroxyl groups excluding tert-OH is 2. The van der Waals surface area contributed by atoms with E-state index in [1.165, 1.54) is 0 Å². The van der Waals surface area contributed by atoms with Gasteiger partial charge in [0.15, 0.2) is 0 Å². The molecule has 3 heteroatoms. The molecule has 0 bridgehead atoms. The van der Waals surface area contributed by atoms with Crippen molar-refractivity contribution in [2.45, 2.75) is 23.1 Å². The molecule has 0 amide bonds. The third-order valence-electron chi connectivity index (χ3n) is 1.18. The molecule has 0 aromatic rings. The van der Waals surface area contributed by atoms with Crippen LogP contribution in [0.25, 0.3) is 0 Å². The van der Waals surface area contributed by atoms with Crippen LogP contribution in [0.2, 0.25) is 0 Å². The molecule has 0 saturated carbocycles. The topological polar surface area (TPSA) is 40.5 Å². The monoisotopic (exact) mass is 229 g/mol. The van der Waals surface area contributed by atoms with Crippen LogP contribution < -0.4 is 21.2 Å². The SMILES string of the molecule is OC1CCC(O)[I-]C1. The summed E-state index contributed by atoms with van der Waals surface area (Å²) in [5, 5.41) is 17.9. The summed E-state index contributed by atoms with van der Waals surface area (Å²) in [6.45, 7) is 0. The van der Waals surface area contributed by atoms with Gasteiger partial charge in [-0.2, -0.15) is 0 Å². The van der Waals surface area contributed by atoms with Gasteiger partial charge in [-0.05, 0) is 0 Å². The van der Waals surface area contributed by atoms with Gasteiger partial charge in [0.1, 0.15) is 0 Å². The van der Waals surface area contributed by atoms with Crippen LogP contribution in [0.5, 0.6) is 0 Å². The molecule has 1 aliphatic heterocycles. The van der Waals surface area contributed by atoms with Gasteiger partial charge in [-0.3, -0.25) is 0 Å². The summed E-state index contributed by atoms with van der Waals surface area (Å²) in [6, 6.07) is 0. The summed E-state index contributed by atoms with van der Waals surface area (Å²) in [7, 11) is 0. The van der Waals surface area contributed by atoms with E-state index in [-0.39, 0.29) is 31.4 Å². The van der Waals surface area contributed by atoms with Crippen LogP contribution in [0.15, 0.2) is 0 Å². The number of alkyl halides is 2. The second-order valence-corrected chi connectivity index (χ2v) is 5.17. The van der Waals surface area contributed by atoms with Crippen molar-refractivity contribution in [1.82, 2.24) is 0 Å². The van der Waals surface area contributed by atoms with Gasteiger partial charge in [-0.1, -0.05) is 0 Å². The van der Waals surface area contributed by atoms with Crippen LogP contribution in [0.4, 0.5) is 0 Å². The Labute approximate surface area is 59.2 Å². The fourth-order valence-corrected chi connectivity index (χ4v) is 3.10. The Morgan fingerprint density at radius 1 is 1.25 bits per heavy atom. The first-order valence-electron chi connectivity index (χ1n) is 2.73. The zero-order valence-electron chi connectivity index (χ0n) is 4.55. The van der Waals surface area contributed by atoms with E-state index < -0.39 is 0 Å². The standard InChI is InChI=1S/C5H10IO2/c7-4-1-2-5(8)6-3-4/h4-5,7-8H,1-3H2/q-1. The van der Waals surface area contributed by atoms with Crippen LogP contribution in [0, 0.1) is 0 Å². The van der Waals surface area contributed by atoms with E-state index in [4.69, 9.17) is 10.2 Å². The molecule has 1 heterocycles. The Morgan fingerprint density at radius 2 is 2.00 bits per heavy atom. The van der Waals surface area contributed by atoms with Gasteiger partial charge in [-0.25, -0.2) is 0 Å². The Kier molecular flexibility index (Phi) is 2.52. The minimum absolute atomic E-state index is 0.0304. The molecular weight excluding hydrogens is 219 g/mol. The number of aliphatic hydroxyl groups is 2. The average Bonchev–Trinajstić information content (AvgIpc) is 1.77. The normalized spacial score (nSPS) is 40.8. The summed E-state index contributed by atoms with van der Waals surface area (Å²) >= 11 is -0.0827. The molecule has 1 rings (SSSR count). The van der Waals surface area contributed by atoms with Gasteiger partial charge in [0.05, 0.1) is 0 Å². The molecule has 2 N–H and O–H groups in total. The van der Waals surface area contributed by atoms with Gasteiger partial charge >= 0.3 is 58.9 Å². The van der Waals surface area contributed by atoms with Crippen molar-refractivity contribution in [2.24, 2.45) is 0 Å². The minimum atomic E-state index is -0.0915. The van der Waals surface area contributed by atoms with Crippen molar-refractivity contribution in [3.8, 4) is 0 Å². The molecule has 0 aliphatic carbocycles. The summed E-state index contributed by atoms with van der Waals surface area (Å²) in [5.41, 5.74) is 0. The molecule has 2 unspecified atom stereocenters. The molecule has 1 aliphatic rings. The fourth-order valence-electron chi connectivity index (χ4n) is 0.690. The van der Waals surface area contributed by atoms with Crippen LogP contribution in [-0.2, 0) is 0 Å². The van der Waals surface area contributed by atoms with E-state index in [9.17, 15) is 0 Å². The molecule has 8 heavy (non-hydrogen) atoms. The maximum atomic E-state index is 8.96. The first kappa shape index (κ1) is 6.77. The summed E-state index contributed by atoms with van der Waals surface area (Å²) in [4.78, 5) is 0. The zero-order chi connectivity index (χ0) is 5.98. The van der Waals surface area contributed by atoms with Crippen LogP contribution >= 0.6 is 0 Å². The molecule has 0 spiro atoms. The van der Waals surface area contributed by atoms with Gasteiger partial charge in [0.25, 0.3) is 0 Å². The number of hydrogen-bond acceptors (Lipinski definition) is 2. The van der Waals surface area contributed by atoms with Gasteiger partial charge in [0.2, 0.25) is 0 Å². The summed E-state index contributed by atoms with van der Waals surface area (Å²) in [5.74, 6) is 0. The van der Waals surface area contributed by atoms with E-state index in [1.807, 2.05) is 0 Å². The van der Waals surface area contributed by atoms with Crippen molar-refractivity contribution in [3.63, 3.8) is 0 Å². The van der Waals surface area contributed by atoms with Crippen molar-refractivity contribution in [2.75, 3.05) is 4.43 Å². The second kappa shape index (κ2) is 2.98. The van der Waals surface area contributed by atoms with Crippen molar-refractivity contribution < 1.29 is 31.4 Å². The Hall–Kier alpha value is 0.650. The van der Waals surface area contributed by atoms with Crippen LogP contribution in [0.3, 0.4) is 0 Å².